The summed E-state index contributed by atoms with van der Waals surface area (Å²) in [4.78, 5) is 14.3. The molecule has 20 heavy (non-hydrogen) atoms. The number of hydrazine groups is 1. The lowest BCUT2D eigenvalue weighted by molar-refractivity contribution is -0.384. The van der Waals surface area contributed by atoms with Gasteiger partial charge in [0.25, 0.3) is 5.69 Å². The van der Waals surface area contributed by atoms with Gasteiger partial charge in [-0.2, -0.15) is 4.98 Å². The normalized spacial score (nSPS) is 10.1. The number of nitrogens with one attached hydrogen (secondary N) is 1. The summed E-state index contributed by atoms with van der Waals surface area (Å²) in [7, 11) is 0. The zero-order valence-electron chi connectivity index (χ0n) is 10.9. The number of pyridine rings is 1. The second-order valence-electron chi connectivity index (χ2n) is 4.05. The summed E-state index contributed by atoms with van der Waals surface area (Å²) in [5, 5.41) is 10.8. The number of aryl methyl sites for hydroxylation is 1. The summed E-state index contributed by atoms with van der Waals surface area (Å²) in [5.41, 5.74) is 3.23. The monoisotopic (exact) mass is 274 g/mol. The summed E-state index contributed by atoms with van der Waals surface area (Å²) in [6.07, 6.45) is 0.870. The van der Waals surface area contributed by atoms with Gasteiger partial charge in [-0.25, -0.2) is 5.84 Å². The van der Waals surface area contributed by atoms with Crippen molar-refractivity contribution < 1.29 is 9.66 Å². The van der Waals surface area contributed by atoms with Crippen LogP contribution >= 0.6 is 0 Å². The van der Waals surface area contributed by atoms with E-state index in [0.717, 1.165) is 12.0 Å². The number of hydrogen-bond acceptors (Lipinski definition) is 6. The molecule has 0 aliphatic heterocycles. The predicted octanol–water partition coefficient (Wildman–Crippen LogP) is 2.63. The summed E-state index contributed by atoms with van der Waals surface area (Å²) in [6.45, 7) is 2.03. The molecule has 7 heteroatoms. The van der Waals surface area contributed by atoms with E-state index in [1.165, 1.54) is 12.1 Å². The molecule has 2 aromatic rings. The second kappa shape index (κ2) is 5.98. The van der Waals surface area contributed by atoms with Crippen molar-refractivity contribution in [2.75, 3.05) is 5.43 Å². The van der Waals surface area contributed by atoms with Gasteiger partial charge in [0.05, 0.1) is 17.1 Å². The Morgan fingerprint density at radius 1 is 1.40 bits per heavy atom. The van der Waals surface area contributed by atoms with E-state index in [4.69, 9.17) is 10.6 Å². The van der Waals surface area contributed by atoms with E-state index in [9.17, 15) is 10.1 Å². The first-order chi connectivity index (χ1) is 9.62. The number of nitrogens with zero attached hydrogens (tertiary/aromatic N) is 2. The summed E-state index contributed by atoms with van der Waals surface area (Å²) < 4.78 is 5.54. The molecule has 0 amide bonds. The lowest BCUT2D eigenvalue weighted by Crippen LogP contribution is -2.09. The highest BCUT2D eigenvalue weighted by Gasteiger charge is 2.12. The van der Waals surface area contributed by atoms with Crippen molar-refractivity contribution in [2.24, 2.45) is 5.84 Å². The molecule has 0 fully saturated rings. The number of hydrogen-bond donors (Lipinski definition) is 2. The van der Waals surface area contributed by atoms with Crippen molar-refractivity contribution in [3.05, 3.63) is 52.1 Å². The maximum atomic E-state index is 10.8. The molecule has 7 nitrogen and oxygen atoms in total. The number of nitrogen functional groups attached to an aromatic ring is 1. The molecular weight excluding hydrogens is 260 g/mol. The molecule has 2 rings (SSSR count). The van der Waals surface area contributed by atoms with Gasteiger partial charge in [0.15, 0.2) is 5.82 Å². The van der Waals surface area contributed by atoms with Gasteiger partial charge in [-0.1, -0.05) is 19.1 Å². The number of benzene rings is 1. The minimum atomic E-state index is -0.530. The van der Waals surface area contributed by atoms with Crippen molar-refractivity contribution in [1.82, 2.24) is 4.98 Å². The minimum absolute atomic E-state index is 0.111. The second-order valence-corrected chi connectivity index (χ2v) is 4.05. The first kappa shape index (κ1) is 13.8. The topological polar surface area (TPSA) is 103 Å². The molecule has 3 N–H and O–H groups in total. The molecule has 0 saturated heterocycles. The van der Waals surface area contributed by atoms with Gasteiger partial charge in [-0.3, -0.25) is 10.1 Å². The molecule has 0 aliphatic rings. The van der Waals surface area contributed by atoms with Crippen LogP contribution in [0.25, 0.3) is 0 Å². The molecule has 0 unspecified atom stereocenters. The summed E-state index contributed by atoms with van der Waals surface area (Å²) in [5.74, 6) is 6.08. The fourth-order valence-corrected chi connectivity index (χ4v) is 1.67. The van der Waals surface area contributed by atoms with Gasteiger partial charge < -0.3 is 10.2 Å². The van der Waals surface area contributed by atoms with Crippen LogP contribution in [-0.2, 0) is 6.42 Å². The van der Waals surface area contributed by atoms with E-state index in [2.05, 4.69) is 10.4 Å². The Morgan fingerprint density at radius 3 is 2.85 bits per heavy atom. The van der Waals surface area contributed by atoms with E-state index in [1.54, 1.807) is 6.07 Å². The van der Waals surface area contributed by atoms with Crippen molar-refractivity contribution in [3.8, 4) is 11.6 Å². The van der Waals surface area contributed by atoms with Crippen LogP contribution in [0.4, 0.5) is 11.5 Å². The van der Waals surface area contributed by atoms with Gasteiger partial charge in [0, 0.05) is 0 Å². The maximum Gasteiger partial charge on any atom is 0.278 e. The van der Waals surface area contributed by atoms with Crippen LogP contribution < -0.4 is 16.0 Å². The fraction of sp³-hybridized carbons (Fsp3) is 0.154. The number of nitro groups is 1. The highest BCUT2D eigenvalue weighted by Crippen LogP contribution is 2.26. The number of ether oxygens (including phenoxy) is 1. The highest BCUT2D eigenvalue weighted by atomic mass is 16.6. The first-order valence-electron chi connectivity index (χ1n) is 6.02. The van der Waals surface area contributed by atoms with Crippen LogP contribution in [0.5, 0.6) is 11.6 Å². The van der Waals surface area contributed by atoms with E-state index in [-0.39, 0.29) is 17.4 Å². The van der Waals surface area contributed by atoms with Crippen LogP contribution in [0, 0.1) is 10.1 Å². The lowest BCUT2D eigenvalue weighted by Gasteiger charge is -2.07. The van der Waals surface area contributed by atoms with Crippen LogP contribution in [-0.4, -0.2) is 9.91 Å². The quantitative estimate of drug-likeness (QED) is 0.493. The largest absolute Gasteiger partial charge is 0.439 e. The standard InChI is InChI=1S/C13H14N4O3/c1-2-9-4-3-5-11(6-9)20-13-8-10(17(18)19)7-12(15-13)16-14/h3-8H,2,14H2,1H3,(H,15,16). The van der Waals surface area contributed by atoms with Gasteiger partial charge in [0.2, 0.25) is 5.88 Å². The molecule has 104 valence electrons. The SMILES string of the molecule is CCc1cccc(Oc2cc([N+](=O)[O-])cc(NN)n2)c1. The smallest absolute Gasteiger partial charge is 0.278 e. The number of aromatic nitrogens is 1. The third-order valence-electron chi connectivity index (χ3n) is 2.67. The Labute approximate surface area is 115 Å². The molecule has 0 spiro atoms. The van der Waals surface area contributed by atoms with Crippen LogP contribution in [0.3, 0.4) is 0 Å². The van der Waals surface area contributed by atoms with Gasteiger partial charge in [0.1, 0.15) is 5.75 Å². The molecule has 1 aromatic heterocycles. The Kier molecular flexibility index (Phi) is 4.11. The van der Waals surface area contributed by atoms with Crippen molar-refractivity contribution >= 4 is 11.5 Å². The summed E-state index contributed by atoms with van der Waals surface area (Å²) >= 11 is 0. The van der Waals surface area contributed by atoms with Crippen LogP contribution in [0.2, 0.25) is 0 Å². The van der Waals surface area contributed by atoms with Gasteiger partial charge >= 0.3 is 0 Å². The van der Waals surface area contributed by atoms with E-state index in [1.807, 2.05) is 25.1 Å². The predicted molar refractivity (Wildman–Crippen MR) is 74.6 cm³/mol. The van der Waals surface area contributed by atoms with Gasteiger partial charge in [-0.15, -0.1) is 0 Å². The third-order valence-corrected chi connectivity index (χ3v) is 2.67. The molecule has 0 bridgehead atoms. The van der Waals surface area contributed by atoms with Crippen molar-refractivity contribution in [1.29, 1.82) is 0 Å². The van der Waals surface area contributed by atoms with Gasteiger partial charge in [-0.05, 0) is 24.1 Å². The number of nitrogens with two attached hydrogens (primary N) is 1. The van der Waals surface area contributed by atoms with E-state index in [0.29, 0.717) is 5.75 Å². The average Bonchev–Trinajstić information content (AvgIpc) is 2.47. The van der Waals surface area contributed by atoms with E-state index >= 15 is 0 Å². The van der Waals surface area contributed by atoms with Crippen LogP contribution in [0.15, 0.2) is 36.4 Å². The lowest BCUT2D eigenvalue weighted by atomic mass is 10.2. The Balaban J connectivity index is 2.32. The zero-order valence-corrected chi connectivity index (χ0v) is 10.9. The molecular formula is C13H14N4O3. The number of rotatable bonds is 5. The average molecular weight is 274 g/mol. The Bertz CT molecular complexity index is 631. The third kappa shape index (κ3) is 3.21. The van der Waals surface area contributed by atoms with E-state index < -0.39 is 4.92 Å². The summed E-state index contributed by atoms with van der Waals surface area (Å²) in [6, 6.07) is 9.92. The fourth-order valence-electron chi connectivity index (χ4n) is 1.67. The highest BCUT2D eigenvalue weighted by molar-refractivity contribution is 5.48. The Hall–Kier alpha value is -2.67. The maximum absolute atomic E-state index is 10.8. The molecule has 0 saturated carbocycles. The molecule has 0 atom stereocenters. The minimum Gasteiger partial charge on any atom is -0.439 e. The molecule has 1 aromatic carbocycles. The molecule has 0 radical (unpaired) electrons. The van der Waals surface area contributed by atoms with Crippen molar-refractivity contribution in [2.45, 2.75) is 13.3 Å². The molecule has 1 heterocycles. The zero-order chi connectivity index (χ0) is 14.5. The first-order valence-corrected chi connectivity index (χ1v) is 6.02. The van der Waals surface area contributed by atoms with Crippen LogP contribution in [0.1, 0.15) is 12.5 Å². The number of anilines is 1. The Morgan fingerprint density at radius 2 is 2.20 bits per heavy atom. The van der Waals surface area contributed by atoms with Crippen molar-refractivity contribution in [3.63, 3.8) is 0 Å². The molecule has 0 aliphatic carbocycles.